The Morgan fingerprint density at radius 3 is 2.95 bits per heavy atom. The van der Waals surface area contributed by atoms with Gasteiger partial charge in [-0.2, -0.15) is 5.10 Å². The molecule has 1 amide bonds. The molecule has 2 heterocycles. The maximum Gasteiger partial charge on any atom is 0.226 e. The summed E-state index contributed by atoms with van der Waals surface area (Å²) in [5.41, 5.74) is 2.40. The summed E-state index contributed by atoms with van der Waals surface area (Å²) in [6, 6.07) is 0. The molecule has 6 nitrogen and oxygen atoms in total. The molecule has 1 fully saturated rings. The van der Waals surface area contributed by atoms with Gasteiger partial charge in [0.05, 0.1) is 12.8 Å². The molecule has 6 heteroatoms. The summed E-state index contributed by atoms with van der Waals surface area (Å²) in [6.07, 6.45) is 4.56. The van der Waals surface area contributed by atoms with Crippen LogP contribution in [0, 0.1) is 5.92 Å². The molecule has 0 radical (unpaired) electrons. The van der Waals surface area contributed by atoms with Gasteiger partial charge in [0.25, 0.3) is 0 Å². The number of aryl methyl sites for hydroxylation is 1. The Kier molecular flexibility index (Phi) is 4.03. The van der Waals surface area contributed by atoms with Crippen LogP contribution >= 0.6 is 0 Å². The summed E-state index contributed by atoms with van der Waals surface area (Å²) in [4.78, 5) is 16.8. The van der Waals surface area contributed by atoms with Crippen molar-refractivity contribution in [1.29, 1.82) is 0 Å². The Morgan fingerprint density at radius 1 is 1.40 bits per heavy atom. The van der Waals surface area contributed by atoms with Crippen molar-refractivity contribution >= 4 is 5.91 Å². The number of aromatic nitrogens is 2. The zero-order valence-corrected chi connectivity index (χ0v) is 11.7. The van der Waals surface area contributed by atoms with Crippen LogP contribution in [0.4, 0.5) is 0 Å². The number of piperazine rings is 1. The van der Waals surface area contributed by atoms with Gasteiger partial charge in [-0.15, -0.1) is 0 Å². The van der Waals surface area contributed by atoms with E-state index in [1.807, 2.05) is 11.1 Å². The number of aliphatic hydroxyl groups excluding tert-OH is 1. The molecule has 1 unspecified atom stereocenters. The lowest BCUT2D eigenvalue weighted by molar-refractivity contribution is -0.137. The largest absolute Gasteiger partial charge is 0.395 e. The van der Waals surface area contributed by atoms with Crippen molar-refractivity contribution in [3.05, 3.63) is 17.5 Å². The minimum atomic E-state index is 0.104. The quantitative estimate of drug-likeness (QED) is 0.793. The Bertz CT molecular complexity index is 465. The summed E-state index contributed by atoms with van der Waals surface area (Å²) < 4.78 is 0. The van der Waals surface area contributed by atoms with Gasteiger partial charge in [-0.05, 0) is 18.4 Å². The summed E-state index contributed by atoms with van der Waals surface area (Å²) in [5.74, 6) is 0.390. The van der Waals surface area contributed by atoms with E-state index in [4.69, 9.17) is 5.11 Å². The van der Waals surface area contributed by atoms with E-state index in [-0.39, 0.29) is 18.4 Å². The fraction of sp³-hybridized carbons (Fsp3) is 0.714. The highest BCUT2D eigenvalue weighted by atomic mass is 16.3. The first kappa shape index (κ1) is 13.6. The number of hydrogen-bond acceptors (Lipinski definition) is 4. The molecule has 1 atom stereocenters. The second-order valence-electron chi connectivity index (χ2n) is 5.70. The Balaban J connectivity index is 1.55. The third-order valence-electron chi connectivity index (χ3n) is 4.47. The predicted octanol–water partition coefficient (Wildman–Crippen LogP) is -0.349. The summed E-state index contributed by atoms with van der Waals surface area (Å²) in [5, 5.41) is 16.0. The standard InChI is InChI=1S/C14H22N4O2/c19-8-7-17-3-5-18(6-4-17)14(20)11-1-2-12-10-15-16-13(12)9-11/h10-11,19H,1-9H2,(H,15,16). The molecule has 1 aliphatic heterocycles. The zero-order chi connectivity index (χ0) is 13.9. The lowest BCUT2D eigenvalue weighted by atomic mass is 9.87. The van der Waals surface area contributed by atoms with Crippen LogP contribution in [-0.2, 0) is 17.6 Å². The second-order valence-corrected chi connectivity index (χ2v) is 5.70. The molecule has 0 saturated carbocycles. The third kappa shape index (κ3) is 2.71. The minimum Gasteiger partial charge on any atom is -0.395 e. The fourth-order valence-electron chi connectivity index (χ4n) is 3.21. The number of nitrogens with one attached hydrogen (secondary N) is 1. The number of nitrogens with zero attached hydrogens (tertiary/aromatic N) is 3. The third-order valence-corrected chi connectivity index (χ3v) is 4.47. The Labute approximate surface area is 118 Å². The number of fused-ring (bicyclic) bond motifs is 1. The van der Waals surface area contributed by atoms with E-state index < -0.39 is 0 Å². The number of hydrogen-bond donors (Lipinski definition) is 2. The molecule has 0 aromatic carbocycles. The summed E-state index contributed by atoms with van der Waals surface area (Å²) in [7, 11) is 0. The monoisotopic (exact) mass is 278 g/mol. The van der Waals surface area contributed by atoms with E-state index in [0.717, 1.165) is 51.1 Å². The van der Waals surface area contributed by atoms with Crippen LogP contribution in [0.2, 0.25) is 0 Å². The number of aliphatic hydroxyl groups is 1. The molecule has 1 aromatic rings. The van der Waals surface area contributed by atoms with Crippen LogP contribution < -0.4 is 0 Å². The van der Waals surface area contributed by atoms with Crippen molar-refractivity contribution in [1.82, 2.24) is 20.0 Å². The lowest BCUT2D eigenvalue weighted by Gasteiger charge is -2.36. The van der Waals surface area contributed by atoms with Gasteiger partial charge in [0, 0.05) is 50.8 Å². The van der Waals surface area contributed by atoms with Crippen LogP contribution in [0.3, 0.4) is 0 Å². The first-order valence-corrected chi connectivity index (χ1v) is 7.41. The van der Waals surface area contributed by atoms with Crippen LogP contribution in [0.1, 0.15) is 17.7 Å². The second kappa shape index (κ2) is 5.93. The van der Waals surface area contributed by atoms with Crippen molar-refractivity contribution in [2.24, 2.45) is 5.92 Å². The first-order chi connectivity index (χ1) is 9.78. The Hall–Kier alpha value is -1.40. The van der Waals surface area contributed by atoms with Gasteiger partial charge in [-0.25, -0.2) is 0 Å². The fourth-order valence-corrected chi connectivity index (χ4v) is 3.21. The topological polar surface area (TPSA) is 72.5 Å². The maximum atomic E-state index is 12.6. The average Bonchev–Trinajstić information content (AvgIpc) is 2.95. The van der Waals surface area contributed by atoms with Crippen LogP contribution in [0.15, 0.2) is 6.20 Å². The van der Waals surface area contributed by atoms with E-state index in [0.29, 0.717) is 6.54 Å². The highest BCUT2D eigenvalue weighted by molar-refractivity contribution is 5.79. The predicted molar refractivity (Wildman–Crippen MR) is 74.2 cm³/mol. The van der Waals surface area contributed by atoms with Crippen LogP contribution in [0.25, 0.3) is 0 Å². The number of carbonyl (C=O) groups excluding carboxylic acids is 1. The molecule has 1 aliphatic carbocycles. The molecular formula is C14H22N4O2. The Morgan fingerprint density at radius 2 is 2.20 bits per heavy atom. The summed E-state index contributed by atoms with van der Waals surface area (Å²) >= 11 is 0. The van der Waals surface area contributed by atoms with Gasteiger partial charge in [-0.1, -0.05) is 0 Å². The van der Waals surface area contributed by atoms with Crippen molar-refractivity contribution in [2.75, 3.05) is 39.3 Å². The maximum absolute atomic E-state index is 12.6. The van der Waals surface area contributed by atoms with Gasteiger partial charge in [-0.3, -0.25) is 14.8 Å². The minimum absolute atomic E-state index is 0.104. The molecule has 20 heavy (non-hydrogen) atoms. The van der Waals surface area contributed by atoms with Crippen molar-refractivity contribution in [2.45, 2.75) is 19.3 Å². The average molecular weight is 278 g/mol. The number of β-amino-alcohol motifs (C(OH)–C–C–N with tert-alkyl or cyclic N) is 1. The molecule has 2 N–H and O–H groups in total. The van der Waals surface area contributed by atoms with Crippen molar-refractivity contribution in [3.8, 4) is 0 Å². The molecule has 110 valence electrons. The van der Waals surface area contributed by atoms with Crippen LogP contribution in [0.5, 0.6) is 0 Å². The molecule has 0 spiro atoms. The van der Waals surface area contributed by atoms with E-state index in [1.165, 1.54) is 5.56 Å². The molecule has 3 rings (SSSR count). The van der Waals surface area contributed by atoms with Gasteiger partial charge >= 0.3 is 0 Å². The number of rotatable bonds is 3. The van der Waals surface area contributed by atoms with E-state index >= 15 is 0 Å². The normalized spacial score (nSPS) is 23.6. The smallest absolute Gasteiger partial charge is 0.226 e. The summed E-state index contributed by atoms with van der Waals surface area (Å²) in [6.45, 7) is 4.21. The van der Waals surface area contributed by atoms with Gasteiger partial charge in [0.1, 0.15) is 0 Å². The highest BCUT2D eigenvalue weighted by Gasteiger charge is 2.30. The number of H-pyrrole nitrogens is 1. The number of amides is 1. The van der Waals surface area contributed by atoms with Crippen molar-refractivity contribution in [3.63, 3.8) is 0 Å². The first-order valence-electron chi connectivity index (χ1n) is 7.41. The van der Waals surface area contributed by atoms with E-state index in [1.54, 1.807) is 0 Å². The molecular weight excluding hydrogens is 256 g/mol. The molecule has 2 aliphatic rings. The highest BCUT2D eigenvalue weighted by Crippen LogP contribution is 2.25. The number of carbonyl (C=O) groups is 1. The SMILES string of the molecule is O=C(C1CCc2cn[nH]c2C1)N1CCN(CCO)CC1. The van der Waals surface area contributed by atoms with E-state index in [2.05, 4.69) is 15.1 Å². The zero-order valence-electron chi connectivity index (χ0n) is 11.7. The molecule has 0 bridgehead atoms. The molecule has 1 aromatic heterocycles. The van der Waals surface area contributed by atoms with Crippen molar-refractivity contribution < 1.29 is 9.90 Å². The van der Waals surface area contributed by atoms with Gasteiger partial charge in [0.15, 0.2) is 0 Å². The van der Waals surface area contributed by atoms with Gasteiger partial charge in [0.2, 0.25) is 5.91 Å². The van der Waals surface area contributed by atoms with Crippen LogP contribution in [-0.4, -0.2) is 70.3 Å². The lowest BCUT2D eigenvalue weighted by Crippen LogP contribution is -2.51. The van der Waals surface area contributed by atoms with Gasteiger partial charge < -0.3 is 10.0 Å². The number of aromatic amines is 1. The van der Waals surface area contributed by atoms with E-state index in [9.17, 15) is 4.79 Å². The molecule has 1 saturated heterocycles.